The van der Waals surface area contributed by atoms with E-state index in [1.54, 1.807) is 42.5 Å². The maximum atomic E-state index is 13.6. The van der Waals surface area contributed by atoms with Crippen LogP contribution in [0.3, 0.4) is 0 Å². The Hall–Kier alpha value is -3.13. The number of benzene rings is 1. The lowest BCUT2D eigenvalue weighted by atomic mass is 10.2. The van der Waals surface area contributed by atoms with Crippen LogP contribution in [0, 0.1) is 5.95 Å². The summed E-state index contributed by atoms with van der Waals surface area (Å²) in [6, 6.07) is 10.7. The highest BCUT2D eigenvalue weighted by atomic mass is 19.1. The summed E-state index contributed by atoms with van der Waals surface area (Å²) < 4.78 is 31.5. The number of fused-ring (bicyclic) bond motifs is 1. The van der Waals surface area contributed by atoms with Crippen molar-refractivity contribution in [3.8, 4) is 11.5 Å². The van der Waals surface area contributed by atoms with Gasteiger partial charge < -0.3 is 19.1 Å². The van der Waals surface area contributed by atoms with Crippen molar-refractivity contribution in [1.82, 2.24) is 9.38 Å². The Bertz CT molecular complexity index is 957. The second-order valence-corrected chi connectivity index (χ2v) is 6.09. The molecule has 3 aromatic rings. The minimum Gasteiger partial charge on any atom is -0.497 e. The molecule has 0 N–H and O–H groups in total. The first-order chi connectivity index (χ1) is 13.2. The van der Waals surface area contributed by atoms with Crippen molar-refractivity contribution in [2.45, 2.75) is 6.10 Å². The highest BCUT2D eigenvalue weighted by Crippen LogP contribution is 2.23. The maximum absolute atomic E-state index is 13.6. The average molecular weight is 371 g/mol. The molecular weight excluding hydrogens is 353 g/mol. The van der Waals surface area contributed by atoms with Crippen LogP contribution in [-0.4, -0.2) is 48.3 Å². The number of hydrogen-bond donors (Lipinski definition) is 0. The van der Waals surface area contributed by atoms with Gasteiger partial charge in [0, 0.05) is 11.9 Å². The van der Waals surface area contributed by atoms with E-state index in [-0.39, 0.29) is 25.2 Å². The average Bonchev–Trinajstić information content (AvgIpc) is 3.09. The van der Waals surface area contributed by atoms with Gasteiger partial charge in [-0.05, 0) is 36.4 Å². The summed E-state index contributed by atoms with van der Waals surface area (Å²) in [4.78, 5) is 17.9. The van der Waals surface area contributed by atoms with Crippen LogP contribution in [0.1, 0.15) is 0 Å². The third-order valence-electron chi connectivity index (χ3n) is 4.39. The Morgan fingerprint density at radius 1 is 1.30 bits per heavy atom. The number of pyridine rings is 1. The molecule has 0 spiro atoms. The lowest BCUT2D eigenvalue weighted by molar-refractivity contribution is -0.130. The minimum atomic E-state index is -0.458. The molecule has 7 nitrogen and oxygen atoms in total. The molecule has 0 radical (unpaired) electrons. The van der Waals surface area contributed by atoms with Crippen molar-refractivity contribution in [3.05, 3.63) is 54.7 Å². The molecule has 27 heavy (non-hydrogen) atoms. The second kappa shape index (κ2) is 7.24. The summed E-state index contributed by atoms with van der Waals surface area (Å²) >= 11 is 0. The van der Waals surface area contributed by atoms with Crippen molar-refractivity contribution in [3.63, 3.8) is 0 Å². The first-order valence-electron chi connectivity index (χ1n) is 8.46. The molecule has 1 atom stereocenters. The molecule has 0 bridgehead atoms. The van der Waals surface area contributed by atoms with E-state index in [9.17, 15) is 9.18 Å². The number of nitrogens with zero attached hydrogens (tertiary/aromatic N) is 3. The molecule has 0 saturated carbocycles. The molecule has 1 aliphatic heterocycles. The summed E-state index contributed by atoms with van der Waals surface area (Å²) in [5.74, 6) is 0.603. The first-order valence-corrected chi connectivity index (χ1v) is 8.46. The molecule has 0 aliphatic carbocycles. The predicted molar refractivity (Wildman–Crippen MR) is 95.7 cm³/mol. The van der Waals surface area contributed by atoms with Crippen LogP contribution in [-0.2, 0) is 9.53 Å². The molecule has 140 valence electrons. The Kier molecular flexibility index (Phi) is 4.64. The van der Waals surface area contributed by atoms with Gasteiger partial charge in [0.1, 0.15) is 25.1 Å². The van der Waals surface area contributed by atoms with Gasteiger partial charge in [0.2, 0.25) is 5.95 Å². The molecule has 8 heteroatoms. The Morgan fingerprint density at radius 3 is 2.89 bits per heavy atom. The highest BCUT2D eigenvalue weighted by Gasteiger charge is 2.28. The number of aromatic nitrogens is 2. The molecule has 1 unspecified atom stereocenters. The molecule has 4 rings (SSSR count). The zero-order valence-corrected chi connectivity index (χ0v) is 14.7. The largest absolute Gasteiger partial charge is 0.497 e. The fourth-order valence-corrected chi connectivity index (χ4v) is 2.99. The summed E-state index contributed by atoms with van der Waals surface area (Å²) in [5, 5.41) is 0. The number of methoxy groups -OCH3 is 1. The van der Waals surface area contributed by atoms with Gasteiger partial charge >= 0.3 is 0 Å². The number of imidazole rings is 1. The van der Waals surface area contributed by atoms with Crippen LogP contribution >= 0.6 is 0 Å². The fourth-order valence-electron chi connectivity index (χ4n) is 2.99. The molecule has 1 aliphatic rings. The summed E-state index contributed by atoms with van der Waals surface area (Å²) in [6.07, 6.45) is 2.40. The van der Waals surface area contributed by atoms with E-state index in [0.717, 1.165) is 17.6 Å². The number of anilines is 1. The van der Waals surface area contributed by atoms with Crippen molar-refractivity contribution in [1.29, 1.82) is 0 Å². The van der Waals surface area contributed by atoms with E-state index < -0.39 is 5.95 Å². The zero-order valence-electron chi connectivity index (χ0n) is 14.7. The number of amides is 1. The Labute approximate surface area is 154 Å². The molecule has 1 aromatic carbocycles. The predicted octanol–water partition coefficient (Wildman–Crippen LogP) is 2.29. The summed E-state index contributed by atoms with van der Waals surface area (Å²) in [6.45, 7) is 0.549. The smallest absolute Gasteiger partial charge is 0.253 e. The highest BCUT2D eigenvalue weighted by molar-refractivity contribution is 5.95. The quantitative estimate of drug-likeness (QED) is 0.689. The molecule has 3 heterocycles. The normalized spacial score (nSPS) is 17.3. The number of carbonyl (C=O) groups excluding carboxylic acids is 1. The SMILES string of the molecule is COc1ccc(N2CC(COc3cccn4c(F)cnc34)OCC2=O)cc1. The number of halogens is 1. The second-order valence-electron chi connectivity index (χ2n) is 6.09. The van der Waals surface area contributed by atoms with Crippen molar-refractivity contribution in [2.75, 3.05) is 31.8 Å². The van der Waals surface area contributed by atoms with E-state index in [1.165, 1.54) is 4.40 Å². The number of hydrogen-bond acceptors (Lipinski definition) is 5. The topological polar surface area (TPSA) is 65.3 Å². The fraction of sp³-hybridized carbons (Fsp3) is 0.263. The third-order valence-corrected chi connectivity index (χ3v) is 4.39. The number of ether oxygens (including phenoxy) is 3. The van der Waals surface area contributed by atoms with Crippen molar-refractivity contribution >= 4 is 17.2 Å². The monoisotopic (exact) mass is 371 g/mol. The van der Waals surface area contributed by atoms with E-state index in [0.29, 0.717) is 17.9 Å². The van der Waals surface area contributed by atoms with Crippen molar-refractivity contribution < 1.29 is 23.4 Å². The van der Waals surface area contributed by atoms with Gasteiger partial charge in [-0.1, -0.05) is 0 Å². The van der Waals surface area contributed by atoms with Crippen LogP contribution in [0.2, 0.25) is 0 Å². The summed E-state index contributed by atoms with van der Waals surface area (Å²) in [7, 11) is 1.59. The van der Waals surface area contributed by atoms with Gasteiger partial charge in [0.15, 0.2) is 11.4 Å². The molecule has 2 aromatic heterocycles. The molecule has 1 fully saturated rings. The molecular formula is C19H18FN3O4. The Balaban J connectivity index is 1.45. The number of rotatable bonds is 5. The standard InChI is InChI=1S/C19H18FN3O4/c1-25-14-6-4-13(5-7-14)23-10-15(26-12-18(23)24)11-27-16-3-2-8-22-17(20)9-21-19(16)22/h2-9,15H,10-12H2,1H3. The lowest BCUT2D eigenvalue weighted by Gasteiger charge is -2.32. The maximum Gasteiger partial charge on any atom is 0.253 e. The van der Waals surface area contributed by atoms with Gasteiger partial charge in [-0.25, -0.2) is 4.98 Å². The van der Waals surface area contributed by atoms with Crippen LogP contribution in [0.15, 0.2) is 48.8 Å². The van der Waals surface area contributed by atoms with Crippen molar-refractivity contribution in [2.24, 2.45) is 0 Å². The summed E-state index contributed by atoms with van der Waals surface area (Å²) in [5.41, 5.74) is 1.17. The zero-order chi connectivity index (χ0) is 18.8. The van der Waals surface area contributed by atoms with Gasteiger partial charge in [-0.2, -0.15) is 4.39 Å². The number of carbonyl (C=O) groups is 1. The number of morpholine rings is 1. The van der Waals surface area contributed by atoms with Crippen LogP contribution in [0.25, 0.3) is 5.65 Å². The first kappa shape index (κ1) is 17.3. The minimum absolute atomic E-state index is 0.0255. The van der Waals surface area contributed by atoms with Crippen LogP contribution < -0.4 is 14.4 Å². The molecule has 1 saturated heterocycles. The van der Waals surface area contributed by atoms with Gasteiger partial charge in [0.25, 0.3) is 5.91 Å². The van der Waals surface area contributed by atoms with Crippen LogP contribution in [0.4, 0.5) is 10.1 Å². The van der Waals surface area contributed by atoms with E-state index in [4.69, 9.17) is 14.2 Å². The van der Waals surface area contributed by atoms with E-state index in [1.807, 2.05) is 12.1 Å². The Morgan fingerprint density at radius 2 is 2.11 bits per heavy atom. The lowest BCUT2D eigenvalue weighted by Crippen LogP contribution is -2.48. The van der Waals surface area contributed by atoms with E-state index >= 15 is 0 Å². The van der Waals surface area contributed by atoms with Crippen LogP contribution in [0.5, 0.6) is 11.5 Å². The van der Waals surface area contributed by atoms with Gasteiger partial charge in [-0.3, -0.25) is 9.20 Å². The molecule has 1 amide bonds. The van der Waals surface area contributed by atoms with Gasteiger partial charge in [0.05, 0.1) is 19.9 Å². The van der Waals surface area contributed by atoms with Gasteiger partial charge in [-0.15, -0.1) is 0 Å². The van der Waals surface area contributed by atoms with E-state index in [2.05, 4.69) is 4.98 Å². The third kappa shape index (κ3) is 3.43.